The lowest BCUT2D eigenvalue weighted by Crippen LogP contribution is -2.53. The molecule has 0 aromatic carbocycles. The Morgan fingerprint density at radius 3 is 2.60 bits per heavy atom. The van der Waals surface area contributed by atoms with Crippen LogP contribution in [0.4, 0.5) is 0 Å². The van der Waals surface area contributed by atoms with Gasteiger partial charge in [0.05, 0.1) is 6.20 Å². The van der Waals surface area contributed by atoms with Crippen molar-refractivity contribution in [3.05, 3.63) is 18.0 Å². The molecule has 114 valence electrons. The van der Waals surface area contributed by atoms with Gasteiger partial charge in [-0.05, 0) is 45.6 Å². The number of likely N-dealkylation sites (N-methyl/N-ethyl adjacent to an activating group) is 1. The maximum absolute atomic E-state index is 6.15. The lowest BCUT2D eigenvalue weighted by Gasteiger charge is -2.46. The Labute approximate surface area is 123 Å². The topological polar surface area (TPSA) is 47.1 Å². The molecule has 0 spiro atoms. The molecule has 0 amide bonds. The van der Waals surface area contributed by atoms with E-state index in [-0.39, 0.29) is 5.54 Å². The van der Waals surface area contributed by atoms with E-state index in [1.54, 1.807) is 0 Å². The van der Waals surface area contributed by atoms with Gasteiger partial charge in [0.25, 0.3) is 0 Å². The monoisotopic (exact) mass is 278 g/mol. The second-order valence-electron chi connectivity index (χ2n) is 6.34. The van der Waals surface area contributed by atoms with Gasteiger partial charge in [-0.25, -0.2) is 0 Å². The van der Waals surface area contributed by atoms with Gasteiger partial charge in [0.2, 0.25) is 0 Å². The summed E-state index contributed by atoms with van der Waals surface area (Å²) in [6.07, 6.45) is 10.6. The third kappa shape index (κ3) is 3.23. The van der Waals surface area contributed by atoms with Crippen LogP contribution in [0.3, 0.4) is 0 Å². The van der Waals surface area contributed by atoms with E-state index in [4.69, 9.17) is 5.73 Å². The average molecular weight is 278 g/mol. The highest BCUT2D eigenvalue weighted by Gasteiger charge is 2.37. The Balaban J connectivity index is 2.00. The van der Waals surface area contributed by atoms with Gasteiger partial charge in [-0.2, -0.15) is 5.10 Å². The van der Waals surface area contributed by atoms with Gasteiger partial charge in [0.1, 0.15) is 0 Å². The number of aromatic nitrogens is 2. The fourth-order valence-electron chi connectivity index (χ4n) is 3.47. The predicted molar refractivity (Wildman–Crippen MR) is 83.4 cm³/mol. The normalized spacial score (nSPS) is 27.1. The third-order valence-corrected chi connectivity index (χ3v) is 5.23. The van der Waals surface area contributed by atoms with Crippen LogP contribution in [0.2, 0.25) is 0 Å². The van der Waals surface area contributed by atoms with Crippen molar-refractivity contribution in [2.24, 2.45) is 11.7 Å². The van der Waals surface area contributed by atoms with Crippen molar-refractivity contribution >= 4 is 0 Å². The van der Waals surface area contributed by atoms with E-state index in [2.05, 4.69) is 37.1 Å². The molecule has 1 saturated carbocycles. The van der Waals surface area contributed by atoms with Gasteiger partial charge in [0, 0.05) is 36.9 Å². The van der Waals surface area contributed by atoms with Crippen molar-refractivity contribution < 1.29 is 0 Å². The molecule has 0 atom stereocenters. The van der Waals surface area contributed by atoms with Gasteiger partial charge in [-0.1, -0.05) is 13.3 Å². The molecule has 2 rings (SSSR count). The standard InChI is InChI=1S/C16H30N4/c1-4-14-6-8-16(13-17,9-7-14)19(3)11-15-10-18-20(5-2)12-15/h10,12,14H,4-9,11,13,17H2,1-3H3. The molecule has 0 saturated heterocycles. The summed E-state index contributed by atoms with van der Waals surface area (Å²) < 4.78 is 1.99. The Kier molecular flexibility index (Phi) is 5.22. The Morgan fingerprint density at radius 1 is 1.40 bits per heavy atom. The lowest BCUT2D eigenvalue weighted by molar-refractivity contribution is 0.0579. The van der Waals surface area contributed by atoms with Crippen molar-refractivity contribution in [2.45, 2.75) is 64.6 Å². The van der Waals surface area contributed by atoms with Crippen molar-refractivity contribution in [2.75, 3.05) is 13.6 Å². The summed E-state index contributed by atoms with van der Waals surface area (Å²) in [6.45, 7) is 7.08. The fraction of sp³-hybridized carbons (Fsp3) is 0.812. The number of hydrogen-bond donors (Lipinski definition) is 1. The van der Waals surface area contributed by atoms with Crippen molar-refractivity contribution in [1.82, 2.24) is 14.7 Å². The van der Waals surface area contributed by atoms with Gasteiger partial charge in [-0.15, -0.1) is 0 Å². The SMILES string of the molecule is CCC1CCC(CN)(N(C)Cc2cnn(CC)c2)CC1. The number of hydrogen-bond acceptors (Lipinski definition) is 3. The zero-order chi connectivity index (χ0) is 14.6. The van der Waals surface area contributed by atoms with E-state index in [9.17, 15) is 0 Å². The van der Waals surface area contributed by atoms with Crippen LogP contribution in [-0.2, 0) is 13.1 Å². The van der Waals surface area contributed by atoms with Crippen LogP contribution < -0.4 is 5.73 Å². The van der Waals surface area contributed by atoms with Crippen LogP contribution in [0.5, 0.6) is 0 Å². The number of aryl methyl sites for hydroxylation is 1. The molecular formula is C16H30N4. The van der Waals surface area contributed by atoms with E-state index < -0.39 is 0 Å². The molecule has 4 heteroatoms. The average Bonchev–Trinajstić information content (AvgIpc) is 2.94. The Morgan fingerprint density at radius 2 is 2.10 bits per heavy atom. The molecule has 1 aliphatic carbocycles. The van der Waals surface area contributed by atoms with Gasteiger partial charge in [-0.3, -0.25) is 9.58 Å². The number of nitrogens with zero attached hydrogens (tertiary/aromatic N) is 3. The summed E-state index contributed by atoms with van der Waals surface area (Å²) in [5, 5.41) is 4.37. The minimum absolute atomic E-state index is 0.194. The van der Waals surface area contributed by atoms with Gasteiger partial charge in [0.15, 0.2) is 0 Å². The number of rotatable bonds is 6. The summed E-state index contributed by atoms with van der Waals surface area (Å²) >= 11 is 0. The summed E-state index contributed by atoms with van der Waals surface area (Å²) in [5.41, 5.74) is 7.63. The maximum Gasteiger partial charge on any atom is 0.0534 e. The van der Waals surface area contributed by atoms with E-state index in [1.807, 2.05) is 10.9 Å². The highest BCUT2D eigenvalue weighted by molar-refractivity contribution is 5.06. The van der Waals surface area contributed by atoms with Crippen molar-refractivity contribution in [3.63, 3.8) is 0 Å². The highest BCUT2D eigenvalue weighted by atomic mass is 15.3. The molecule has 1 aromatic rings. The van der Waals surface area contributed by atoms with Crippen LogP contribution in [-0.4, -0.2) is 33.8 Å². The van der Waals surface area contributed by atoms with Crippen LogP contribution in [0.25, 0.3) is 0 Å². The molecule has 1 aliphatic rings. The summed E-state index contributed by atoms with van der Waals surface area (Å²) in [5.74, 6) is 0.908. The molecule has 4 nitrogen and oxygen atoms in total. The first-order valence-corrected chi connectivity index (χ1v) is 8.06. The zero-order valence-corrected chi connectivity index (χ0v) is 13.3. The molecule has 0 aliphatic heterocycles. The maximum atomic E-state index is 6.15. The first kappa shape index (κ1) is 15.5. The summed E-state index contributed by atoms with van der Waals surface area (Å²) in [4.78, 5) is 2.47. The highest BCUT2D eigenvalue weighted by Crippen LogP contribution is 2.37. The summed E-state index contributed by atoms with van der Waals surface area (Å²) in [7, 11) is 2.22. The van der Waals surface area contributed by atoms with Crippen LogP contribution in [0.15, 0.2) is 12.4 Å². The molecule has 20 heavy (non-hydrogen) atoms. The molecule has 0 bridgehead atoms. The Bertz CT molecular complexity index is 404. The quantitative estimate of drug-likeness (QED) is 0.870. The predicted octanol–water partition coefficient (Wildman–Crippen LogP) is 2.63. The van der Waals surface area contributed by atoms with Crippen LogP contribution in [0, 0.1) is 5.92 Å². The number of nitrogens with two attached hydrogens (primary N) is 1. The largest absolute Gasteiger partial charge is 0.329 e. The molecule has 1 fully saturated rings. The minimum atomic E-state index is 0.194. The second kappa shape index (κ2) is 6.72. The van der Waals surface area contributed by atoms with Gasteiger partial charge >= 0.3 is 0 Å². The molecule has 2 N–H and O–H groups in total. The van der Waals surface area contributed by atoms with Gasteiger partial charge < -0.3 is 5.73 Å². The Hall–Kier alpha value is -0.870. The van der Waals surface area contributed by atoms with E-state index in [0.717, 1.165) is 25.6 Å². The second-order valence-corrected chi connectivity index (χ2v) is 6.34. The third-order valence-electron chi connectivity index (χ3n) is 5.23. The fourth-order valence-corrected chi connectivity index (χ4v) is 3.47. The molecular weight excluding hydrogens is 248 g/mol. The molecule has 0 radical (unpaired) electrons. The molecule has 1 aromatic heterocycles. The van der Waals surface area contributed by atoms with Crippen molar-refractivity contribution in [3.8, 4) is 0 Å². The van der Waals surface area contributed by atoms with Crippen LogP contribution in [0.1, 0.15) is 51.5 Å². The first-order valence-electron chi connectivity index (χ1n) is 8.06. The summed E-state index contributed by atoms with van der Waals surface area (Å²) in [6, 6.07) is 0. The van der Waals surface area contributed by atoms with Crippen LogP contribution >= 0.6 is 0 Å². The molecule has 0 unspecified atom stereocenters. The van der Waals surface area contributed by atoms with E-state index in [1.165, 1.54) is 37.7 Å². The minimum Gasteiger partial charge on any atom is -0.329 e. The molecule has 1 heterocycles. The lowest BCUT2D eigenvalue weighted by atomic mass is 9.74. The first-order chi connectivity index (χ1) is 9.63. The smallest absolute Gasteiger partial charge is 0.0534 e. The van der Waals surface area contributed by atoms with E-state index >= 15 is 0 Å². The van der Waals surface area contributed by atoms with Crippen molar-refractivity contribution in [1.29, 1.82) is 0 Å². The zero-order valence-electron chi connectivity index (χ0n) is 13.3. The van der Waals surface area contributed by atoms with E-state index in [0.29, 0.717) is 0 Å².